The Morgan fingerprint density at radius 3 is 2.35 bits per heavy atom. The molecular weight excluding hydrogens is 249 g/mol. The van der Waals surface area contributed by atoms with Crippen LogP contribution in [0.5, 0.6) is 0 Å². The molecule has 0 aliphatic rings. The van der Waals surface area contributed by atoms with Crippen molar-refractivity contribution in [3.63, 3.8) is 0 Å². The van der Waals surface area contributed by atoms with Gasteiger partial charge in [-0.05, 0) is 36.6 Å². The molecule has 106 valence electrons. The molecule has 0 aliphatic carbocycles. The number of nitrogens with one attached hydrogen (secondary N) is 1. The smallest absolute Gasteiger partial charge is 0.123 e. The number of rotatable bonds is 6. The molecule has 2 aromatic rings. The third-order valence-electron chi connectivity index (χ3n) is 3.58. The van der Waals surface area contributed by atoms with Crippen LogP contribution in [0.1, 0.15) is 49.9 Å². The van der Waals surface area contributed by atoms with Gasteiger partial charge in [-0.3, -0.25) is 0 Å². The van der Waals surface area contributed by atoms with Gasteiger partial charge in [-0.1, -0.05) is 55.8 Å². The van der Waals surface area contributed by atoms with E-state index in [9.17, 15) is 4.39 Å². The largest absolute Gasteiger partial charge is 0.303 e. The topological polar surface area (TPSA) is 12.0 Å². The van der Waals surface area contributed by atoms with Gasteiger partial charge in [0.1, 0.15) is 5.82 Å². The molecule has 0 radical (unpaired) electrons. The molecule has 0 fully saturated rings. The van der Waals surface area contributed by atoms with Gasteiger partial charge >= 0.3 is 0 Å². The van der Waals surface area contributed by atoms with E-state index in [-0.39, 0.29) is 11.9 Å². The molecule has 2 rings (SSSR count). The summed E-state index contributed by atoms with van der Waals surface area (Å²) in [4.78, 5) is 0. The van der Waals surface area contributed by atoms with E-state index in [1.165, 1.54) is 11.6 Å². The summed E-state index contributed by atoms with van der Waals surface area (Å²) >= 11 is 0. The predicted octanol–water partition coefficient (Wildman–Crippen LogP) is 5.02. The summed E-state index contributed by atoms with van der Waals surface area (Å²) in [5.74, 6) is -0.178. The molecule has 0 spiro atoms. The number of hydrogen-bond donors (Lipinski definition) is 1. The summed E-state index contributed by atoms with van der Waals surface area (Å²) in [7, 11) is 0. The van der Waals surface area contributed by atoms with Crippen LogP contribution in [-0.4, -0.2) is 0 Å². The predicted molar refractivity (Wildman–Crippen MR) is 82.0 cm³/mol. The van der Waals surface area contributed by atoms with Gasteiger partial charge in [-0.2, -0.15) is 0 Å². The van der Waals surface area contributed by atoms with E-state index in [4.69, 9.17) is 0 Å². The van der Waals surface area contributed by atoms with Crippen LogP contribution in [0.25, 0.3) is 0 Å². The first-order chi connectivity index (χ1) is 9.70. The summed E-state index contributed by atoms with van der Waals surface area (Å²) in [6.07, 6.45) is 2.19. The minimum Gasteiger partial charge on any atom is -0.303 e. The van der Waals surface area contributed by atoms with Gasteiger partial charge in [0.2, 0.25) is 0 Å². The number of halogens is 1. The zero-order chi connectivity index (χ0) is 14.4. The minimum atomic E-state index is -0.178. The molecule has 0 saturated heterocycles. The highest BCUT2D eigenvalue weighted by Crippen LogP contribution is 2.23. The molecule has 0 aromatic heterocycles. The Morgan fingerprint density at radius 2 is 1.70 bits per heavy atom. The quantitative estimate of drug-likeness (QED) is 0.778. The Bertz CT molecular complexity index is 524. The van der Waals surface area contributed by atoms with Gasteiger partial charge in [0, 0.05) is 12.1 Å². The molecule has 0 heterocycles. The van der Waals surface area contributed by atoms with E-state index in [1.54, 1.807) is 12.1 Å². The molecule has 20 heavy (non-hydrogen) atoms. The van der Waals surface area contributed by atoms with E-state index < -0.39 is 0 Å². The third-order valence-corrected chi connectivity index (χ3v) is 3.58. The SMILES string of the molecule is CCCC(NC(C)c1cccc(F)c1)c1ccccc1. The van der Waals surface area contributed by atoms with Gasteiger partial charge in [0.15, 0.2) is 0 Å². The molecule has 2 heteroatoms. The molecule has 2 atom stereocenters. The van der Waals surface area contributed by atoms with E-state index in [0.29, 0.717) is 6.04 Å². The lowest BCUT2D eigenvalue weighted by atomic mass is 9.99. The lowest BCUT2D eigenvalue weighted by molar-refractivity contribution is 0.438. The van der Waals surface area contributed by atoms with Gasteiger partial charge in [-0.25, -0.2) is 4.39 Å². The van der Waals surface area contributed by atoms with E-state index in [0.717, 1.165) is 18.4 Å². The maximum Gasteiger partial charge on any atom is 0.123 e. The van der Waals surface area contributed by atoms with Crippen LogP contribution in [0.3, 0.4) is 0 Å². The zero-order valence-corrected chi connectivity index (χ0v) is 12.1. The van der Waals surface area contributed by atoms with E-state index >= 15 is 0 Å². The second-order valence-corrected chi connectivity index (χ2v) is 5.20. The van der Waals surface area contributed by atoms with Crippen LogP contribution in [0, 0.1) is 5.82 Å². The van der Waals surface area contributed by atoms with Crippen LogP contribution in [0.15, 0.2) is 54.6 Å². The monoisotopic (exact) mass is 271 g/mol. The molecular formula is C18H22FN. The second kappa shape index (κ2) is 7.20. The Balaban J connectivity index is 2.12. The molecule has 1 N–H and O–H groups in total. The first-order valence-corrected chi connectivity index (χ1v) is 7.27. The molecule has 0 aliphatic heterocycles. The normalized spacial score (nSPS) is 13.9. The van der Waals surface area contributed by atoms with Gasteiger partial charge in [0.05, 0.1) is 0 Å². The highest BCUT2D eigenvalue weighted by atomic mass is 19.1. The Hall–Kier alpha value is -1.67. The fraction of sp³-hybridized carbons (Fsp3) is 0.333. The average molecular weight is 271 g/mol. The van der Waals surface area contributed by atoms with Crippen molar-refractivity contribution in [2.45, 2.75) is 38.8 Å². The van der Waals surface area contributed by atoms with Crippen LogP contribution >= 0.6 is 0 Å². The fourth-order valence-corrected chi connectivity index (χ4v) is 2.49. The fourth-order valence-electron chi connectivity index (χ4n) is 2.49. The van der Waals surface area contributed by atoms with E-state index in [2.05, 4.69) is 43.4 Å². The number of benzene rings is 2. The highest BCUT2D eigenvalue weighted by molar-refractivity contribution is 5.22. The molecule has 0 bridgehead atoms. The minimum absolute atomic E-state index is 0.127. The van der Waals surface area contributed by atoms with Crippen molar-refractivity contribution in [3.05, 3.63) is 71.5 Å². The van der Waals surface area contributed by atoms with Gasteiger partial charge in [-0.15, -0.1) is 0 Å². The third kappa shape index (κ3) is 3.91. The van der Waals surface area contributed by atoms with Crippen LogP contribution in [0.4, 0.5) is 4.39 Å². The lowest BCUT2D eigenvalue weighted by Crippen LogP contribution is -2.24. The maximum atomic E-state index is 13.3. The van der Waals surface area contributed by atoms with Crippen molar-refractivity contribution >= 4 is 0 Å². The Kier molecular flexibility index (Phi) is 5.31. The van der Waals surface area contributed by atoms with Crippen molar-refractivity contribution in [3.8, 4) is 0 Å². The van der Waals surface area contributed by atoms with Crippen LogP contribution in [-0.2, 0) is 0 Å². The zero-order valence-electron chi connectivity index (χ0n) is 12.1. The van der Waals surface area contributed by atoms with E-state index in [1.807, 2.05) is 12.1 Å². The molecule has 1 nitrogen and oxygen atoms in total. The highest BCUT2D eigenvalue weighted by Gasteiger charge is 2.14. The summed E-state index contributed by atoms with van der Waals surface area (Å²) < 4.78 is 13.3. The van der Waals surface area contributed by atoms with Crippen molar-refractivity contribution in [2.75, 3.05) is 0 Å². The lowest BCUT2D eigenvalue weighted by Gasteiger charge is -2.24. The maximum absolute atomic E-state index is 13.3. The van der Waals surface area contributed by atoms with Crippen LogP contribution < -0.4 is 5.32 Å². The second-order valence-electron chi connectivity index (χ2n) is 5.20. The van der Waals surface area contributed by atoms with Gasteiger partial charge in [0.25, 0.3) is 0 Å². The Labute approximate surface area is 120 Å². The first-order valence-electron chi connectivity index (χ1n) is 7.27. The summed E-state index contributed by atoms with van der Waals surface area (Å²) in [6.45, 7) is 4.27. The van der Waals surface area contributed by atoms with Crippen LogP contribution in [0.2, 0.25) is 0 Å². The molecule has 0 amide bonds. The molecule has 2 unspecified atom stereocenters. The van der Waals surface area contributed by atoms with Crippen molar-refractivity contribution in [1.82, 2.24) is 5.32 Å². The molecule has 0 saturated carbocycles. The van der Waals surface area contributed by atoms with Crippen molar-refractivity contribution in [1.29, 1.82) is 0 Å². The standard InChI is InChI=1S/C18H22FN/c1-3-8-18(15-9-5-4-6-10-15)20-14(2)16-11-7-12-17(19)13-16/h4-7,9-14,18,20H,3,8H2,1-2H3. The van der Waals surface area contributed by atoms with Gasteiger partial charge < -0.3 is 5.32 Å². The average Bonchev–Trinajstić information content (AvgIpc) is 2.47. The summed E-state index contributed by atoms with van der Waals surface area (Å²) in [5.41, 5.74) is 2.28. The first kappa shape index (κ1) is 14.7. The summed E-state index contributed by atoms with van der Waals surface area (Å²) in [6, 6.07) is 17.7. The summed E-state index contributed by atoms with van der Waals surface area (Å²) in [5, 5.41) is 3.61. The molecule has 2 aromatic carbocycles. The van der Waals surface area contributed by atoms with Crippen molar-refractivity contribution in [2.24, 2.45) is 0 Å². The Morgan fingerprint density at radius 1 is 1.00 bits per heavy atom. The van der Waals surface area contributed by atoms with Crippen molar-refractivity contribution < 1.29 is 4.39 Å². The number of hydrogen-bond acceptors (Lipinski definition) is 1.